The van der Waals surface area contributed by atoms with Crippen LogP contribution in [0.3, 0.4) is 0 Å². The molecule has 1 N–H and O–H groups in total. The molecule has 2 aliphatic rings. The molecule has 4 amide bonds. The van der Waals surface area contributed by atoms with Gasteiger partial charge in [0, 0.05) is 6.54 Å². The van der Waals surface area contributed by atoms with Crippen molar-refractivity contribution in [2.24, 2.45) is 0 Å². The van der Waals surface area contributed by atoms with Crippen molar-refractivity contribution in [2.75, 3.05) is 24.6 Å². The highest BCUT2D eigenvalue weighted by molar-refractivity contribution is 6.22. The summed E-state index contributed by atoms with van der Waals surface area (Å²) < 4.78 is 5.79. The molecule has 2 aromatic rings. The van der Waals surface area contributed by atoms with Crippen LogP contribution in [0.1, 0.15) is 18.1 Å². The molecular formula is C21H21N3O4. The van der Waals surface area contributed by atoms with Crippen molar-refractivity contribution in [1.29, 1.82) is 0 Å². The standard InChI is InChI=1S/C21H21N3O4/c25-19(23-11-12-28-18(14-23)15-7-3-1-4-8-15)13-17-20(26)24(21(27)22-17)16-9-5-2-6-10-16/h1-10,17-18H,11-14H2,(H,22,27)/t17-,18?/m0/s1. The lowest BCUT2D eigenvalue weighted by Gasteiger charge is -2.33. The fraction of sp³-hybridized carbons (Fsp3) is 0.286. The lowest BCUT2D eigenvalue weighted by Crippen LogP contribution is -2.45. The Labute approximate surface area is 162 Å². The van der Waals surface area contributed by atoms with Gasteiger partial charge in [-0.25, -0.2) is 9.69 Å². The van der Waals surface area contributed by atoms with Gasteiger partial charge in [0.2, 0.25) is 5.91 Å². The van der Waals surface area contributed by atoms with Gasteiger partial charge in [0.15, 0.2) is 0 Å². The molecule has 2 atom stereocenters. The number of carbonyl (C=O) groups is 3. The zero-order chi connectivity index (χ0) is 19.5. The first kappa shape index (κ1) is 18.2. The average Bonchev–Trinajstić information content (AvgIpc) is 3.02. The number of hydrogen-bond donors (Lipinski definition) is 1. The highest BCUT2D eigenvalue weighted by Crippen LogP contribution is 2.24. The van der Waals surface area contributed by atoms with Crippen LogP contribution < -0.4 is 10.2 Å². The summed E-state index contributed by atoms with van der Waals surface area (Å²) in [6, 6.07) is 17.1. The largest absolute Gasteiger partial charge is 0.370 e. The van der Waals surface area contributed by atoms with Gasteiger partial charge >= 0.3 is 6.03 Å². The Morgan fingerprint density at radius 2 is 1.71 bits per heavy atom. The number of morpholine rings is 1. The molecule has 2 fully saturated rings. The Bertz CT molecular complexity index is 872. The summed E-state index contributed by atoms with van der Waals surface area (Å²) in [4.78, 5) is 40.5. The summed E-state index contributed by atoms with van der Waals surface area (Å²) in [5.41, 5.74) is 1.51. The fourth-order valence-corrected chi connectivity index (χ4v) is 3.54. The molecule has 0 saturated carbocycles. The number of amides is 4. The molecule has 28 heavy (non-hydrogen) atoms. The average molecular weight is 379 g/mol. The second-order valence-corrected chi connectivity index (χ2v) is 6.83. The summed E-state index contributed by atoms with van der Waals surface area (Å²) in [5.74, 6) is -0.574. The molecular weight excluding hydrogens is 358 g/mol. The van der Waals surface area contributed by atoms with E-state index in [0.717, 1.165) is 10.5 Å². The molecule has 1 unspecified atom stereocenters. The molecule has 144 valence electrons. The van der Waals surface area contributed by atoms with E-state index in [-0.39, 0.29) is 18.4 Å². The van der Waals surface area contributed by atoms with Crippen LogP contribution in [0.5, 0.6) is 0 Å². The van der Waals surface area contributed by atoms with Gasteiger partial charge < -0.3 is 15.0 Å². The molecule has 0 bridgehead atoms. The third-order valence-electron chi connectivity index (χ3n) is 5.00. The van der Waals surface area contributed by atoms with Crippen molar-refractivity contribution in [3.05, 3.63) is 66.2 Å². The smallest absolute Gasteiger partial charge is 0.329 e. The maximum Gasteiger partial charge on any atom is 0.329 e. The van der Waals surface area contributed by atoms with E-state index >= 15 is 0 Å². The normalized spacial score (nSPS) is 22.3. The Morgan fingerprint density at radius 1 is 1.04 bits per heavy atom. The Balaban J connectivity index is 1.41. The first-order valence-electron chi connectivity index (χ1n) is 9.27. The van der Waals surface area contributed by atoms with E-state index in [1.54, 1.807) is 29.2 Å². The third-order valence-corrected chi connectivity index (χ3v) is 5.00. The van der Waals surface area contributed by atoms with Crippen LogP contribution in [0.25, 0.3) is 0 Å². The molecule has 0 radical (unpaired) electrons. The molecule has 7 nitrogen and oxygen atoms in total. The first-order chi connectivity index (χ1) is 13.6. The van der Waals surface area contributed by atoms with Crippen molar-refractivity contribution in [3.8, 4) is 0 Å². The number of nitrogens with zero attached hydrogens (tertiary/aromatic N) is 2. The number of benzene rings is 2. The summed E-state index contributed by atoms with van der Waals surface area (Å²) in [7, 11) is 0. The van der Waals surface area contributed by atoms with E-state index in [4.69, 9.17) is 4.74 Å². The Morgan fingerprint density at radius 3 is 2.43 bits per heavy atom. The monoisotopic (exact) mass is 379 g/mol. The number of hydrogen-bond acceptors (Lipinski definition) is 4. The Kier molecular flexibility index (Phi) is 5.08. The van der Waals surface area contributed by atoms with E-state index in [2.05, 4.69) is 5.32 Å². The quantitative estimate of drug-likeness (QED) is 0.826. The number of carbonyl (C=O) groups excluding carboxylic acids is 3. The number of anilines is 1. The van der Waals surface area contributed by atoms with Gasteiger partial charge in [-0.3, -0.25) is 9.59 Å². The molecule has 0 aromatic heterocycles. The number of nitrogens with one attached hydrogen (secondary N) is 1. The van der Waals surface area contributed by atoms with Gasteiger partial charge in [-0.15, -0.1) is 0 Å². The zero-order valence-electron chi connectivity index (χ0n) is 15.3. The van der Waals surface area contributed by atoms with Crippen molar-refractivity contribution >= 4 is 23.5 Å². The molecule has 0 aliphatic carbocycles. The van der Waals surface area contributed by atoms with Gasteiger partial charge in [0.1, 0.15) is 12.1 Å². The highest BCUT2D eigenvalue weighted by atomic mass is 16.5. The minimum Gasteiger partial charge on any atom is -0.370 e. The maximum atomic E-state index is 12.8. The SMILES string of the molecule is O=C(C[C@@H]1NC(=O)N(c2ccccc2)C1=O)N1CCOC(c2ccccc2)C1. The molecule has 7 heteroatoms. The molecule has 2 heterocycles. The van der Waals surface area contributed by atoms with Gasteiger partial charge in [-0.2, -0.15) is 0 Å². The van der Waals surface area contributed by atoms with Crippen LogP contribution in [0.15, 0.2) is 60.7 Å². The van der Waals surface area contributed by atoms with Gasteiger partial charge in [-0.05, 0) is 17.7 Å². The number of rotatable bonds is 4. The van der Waals surface area contributed by atoms with E-state index < -0.39 is 18.0 Å². The van der Waals surface area contributed by atoms with Gasteiger partial charge in [-0.1, -0.05) is 48.5 Å². The highest BCUT2D eigenvalue weighted by Gasteiger charge is 2.41. The summed E-state index contributed by atoms with van der Waals surface area (Å²) in [6.07, 6.45) is -0.247. The zero-order valence-corrected chi connectivity index (χ0v) is 15.3. The Hall–Kier alpha value is -3.19. The molecule has 4 rings (SSSR count). The van der Waals surface area contributed by atoms with Crippen LogP contribution in [-0.4, -0.2) is 48.5 Å². The van der Waals surface area contributed by atoms with Crippen molar-refractivity contribution < 1.29 is 19.1 Å². The molecule has 0 spiro atoms. The van der Waals surface area contributed by atoms with E-state index in [1.807, 2.05) is 36.4 Å². The summed E-state index contributed by atoms with van der Waals surface area (Å²) >= 11 is 0. The number of imide groups is 1. The second-order valence-electron chi connectivity index (χ2n) is 6.83. The summed E-state index contributed by atoms with van der Waals surface area (Å²) in [5, 5.41) is 2.62. The van der Waals surface area contributed by atoms with E-state index in [0.29, 0.717) is 25.4 Å². The maximum absolute atomic E-state index is 12.8. The molecule has 2 aliphatic heterocycles. The van der Waals surface area contributed by atoms with Crippen LogP contribution in [0.2, 0.25) is 0 Å². The van der Waals surface area contributed by atoms with Gasteiger partial charge in [0.05, 0.1) is 25.3 Å². The lowest BCUT2D eigenvalue weighted by molar-refractivity contribution is -0.140. The predicted molar refractivity (Wildman–Crippen MR) is 103 cm³/mol. The van der Waals surface area contributed by atoms with E-state index in [9.17, 15) is 14.4 Å². The summed E-state index contributed by atoms with van der Waals surface area (Å²) in [6.45, 7) is 1.34. The van der Waals surface area contributed by atoms with Crippen LogP contribution in [0.4, 0.5) is 10.5 Å². The second kappa shape index (κ2) is 7.82. The van der Waals surface area contributed by atoms with Crippen molar-refractivity contribution in [1.82, 2.24) is 10.2 Å². The minimum atomic E-state index is -0.849. The molecule has 2 saturated heterocycles. The van der Waals surface area contributed by atoms with Crippen LogP contribution >= 0.6 is 0 Å². The van der Waals surface area contributed by atoms with Crippen molar-refractivity contribution in [3.63, 3.8) is 0 Å². The predicted octanol–water partition coefficient (Wildman–Crippen LogP) is 2.10. The minimum absolute atomic E-state index is 0.0601. The number of ether oxygens (including phenoxy) is 1. The van der Waals surface area contributed by atoms with Crippen LogP contribution in [0, 0.1) is 0 Å². The third kappa shape index (κ3) is 3.61. The topological polar surface area (TPSA) is 79.0 Å². The first-order valence-corrected chi connectivity index (χ1v) is 9.27. The fourth-order valence-electron chi connectivity index (χ4n) is 3.54. The number of urea groups is 1. The molecule has 2 aromatic carbocycles. The lowest BCUT2D eigenvalue weighted by atomic mass is 10.1. The van der Waals surface area contributed by atoms with Crippen LogP contribution in [-0.2, 0) is 14.3 Å². The van der Waals surface area contributed by atoms with E-state index in [1.165, 1.54) is 0 Å². The number of para-hydroxylation sites is 1. The van der Waals surface area contributed by atoms with Crippen molar-refractivity contribution in [2.45, 2.75) is 18.6 Å². The van der Waals surface area contributed by atoms with Gasteiger partial charge in [0.25, 0.3) is 5.91 Å².